The van der Waals surface area contributed by atoms with Crippen molar-refractivity contribution < 1.29 is 13.4 Å². The fourth-order valence-electron chi connectivity index (χ4n) is 2.61. The number of hydrogen-bond acceptors (Lipinski definition) is 2. The summed E-state index contributed by atoms with van der Waals surface area (Å²) in [5, 5.41) is 6.28. The molecule has 5 N–H and O–H groups in total. The number of primary amides is 1. The summed E-state index contributed by atoms with van der Waals surface area (Å²) in [6.45, 7) is 0. The second kappa shape index (κ2) is 5.94. The highest BCUT2D eigenvalue weighted by atomic mass is 32.2. The van der Waals surface area contributed by atoms with Crippen molar-refractivity contribution in [2.24, 2.45) is 10.9 Å². The van der Waals surface area contributed by atoms with Crippen molar-refractivity contribution in [2.45, 2.75) is 11.3 Å². The van der Waals surface area contributed by atoms with Gasteiger partial charge in [-0.25, -0.2) is 13.7 Å². The SMILES string of the molecule is NC(=O)Cc1cc(-c2c[nH]c3cc(F)ccc23)ccc1S(N)=O. The number of aromatic amines is 1. The van der Waals surface area contributed by atoms with Crippen LogP contribution in [0.3, 0.4) is 0 Å². The van der Waals surface area contributed by atoms with Crippen LogP contribution in [0, 0.1) is 5.82 Å². The number of rotatable bonds is 4. The van der Waals surface area contributed by atoms with Gasteiger partial charge in [-0.3, -0.25) is 4.79 Å². The van der Waals surface area contributed by atoms with Crippen LogP contribution in [0.25, 0.3) is 22.0 Å². The average Bonchev–Trinajstić information content (AvgIpc) is 2.89. The molecule has 1 aromatic heterocycles. The summed E-state index contributed by atoms with van der Waals surface area (Å²) < 4.78 is 24.9. The average molecular weight is 331 g/mol. The molecule has 1 heterocycles. The minimum atomic E-state index is -1.71. The van der Waals surface area contributed by atoms with E-state index in [4.69, 9.17) is 10.9 Å². The van der Waals surface area contributed by atoms with E-state index in [-0.39, 0.29) is 12.2 Å². The van der Waals surface area contributed by atoms with Crippen molar-refractivity contribution in [1.29, 1.82) is 0 Å². The van der Waals surface area contributed by atoms with Crippen molar-refractivity contribution in [3.8, 4) is 11.1 Å². The predicted molar refractivity (Wildman–Crippen MR) is 87.2 cm³/mol. The Labute approximate surface area is 134 Å². The molecule has 1 amide bonds. The molecule has 0 aliphatic carbocycles. The molecule has 0 fully saturated rings. The molecule has 0 saturated carbocycles. The van der Waals surface area contributed by atoms with Gasteiger partial charge in [0.05, 0.1) is 11.3 Å². The van der Waals surface area contributed by atoms with Gasteiger partial charge in [-0.15, -0.1) is 0 Å². The maximum Gasteiger partial charge on any atom is 0.221 e. The second-order valence-corrected chi connectivity index (χ2v) is 6.19. The van der Waals surface area contributed by atoms with Gasteiger partial charge < -0.3 is 10.7 Å². The van der Waals surface area contributed by atoms with Crippen molar-refractivity contribution in [3.05, 3.63) is 54.0 Å². The lowest BCUT2D eigenvalue weighted by atomic mass is 10.0. The van der Waals surface area contributed by atoms with E-state index in [9.17, 15) is 13.4 Å². The summed E-state index contributed by atoms with van der Waals surface area (Å²) >= 11 is 0. The number of carbonyl (C=O) groups is 1. The first kappa shape index (κ1) is 15.4. The molecule has 5 nitrogen and oxygen atoms in total. The van der Waals surface area contributed by atoms with E-state index in [1.54, 1.807) is 30.5 Å². The minimum absolute atomic E-state index is 0.0525. The molecule has 118 valence electrons. The molecule has 0 saturated heterocycles. The summed E-state index contributed by atoms with van der Waals surface area (Å²) in [5.74, 6) is -0.857. The monoisotopic (exact) mass is 331 g/mol. The summed E-state index contributed by atoms with van der Waals surface area (Å²) in [6, 6.07) is 9.58. The highest BCUT2D eigenvalue weighted by Gasteiger charge is 2.13. The first-order valence-corrected chi connectivity index (χ1v) is 8.01. The van der Waals surface area contributed by atoms with Gasteiger partial charge in [0.2, 0.25) is 5.91 Å². The molecule has 7 heteroatoms. The van der Waals surface area contributed by atoms with Crippen LogP contribution in [-0.4, -0.2) is 15.1 Å². The first-order valence-electron chi connectivity index (χ1n) is 6.80. The molecule has 1 unspecified atom stereocenters. The van der Waals surface area contributed by atoms with Gasteiger partial charge in [0.1, 0.15) is 16.8 Å². The lowest BCUT2D eigenvalue weighted by Crippen LogP contribution is -2.16. The molecular weight excluding hydrogens is 317 g/mol. The number of amides is 1. The van der Waals surface area contributed by atoms with E-state index < -0.39 is 16.9 Å². The predicted octanol–water partition coefficient (Wildman–Crippen LogP) is 1.98. The van der Waals surface area contributed by atoms with E-state index in [1.807, 2.05) is 0 Å². The topological polar surface area (TPSA) is 102 Å². The molecule has 3 rings (SSSR count). The quantitative estimate of drug-likeness (QED) is 0.680. The number of benzene rings is 2. The van der Waals surface area contributed by atoms with Crippen LogP contribution in [-0.2, 0) is 22.2 Å². The summed E-state index contributed by atoms with van der Waals surface area (Å²) in [7, 11) is -1.71. The van der Waals surface area contributed by atoms with Crippen molar-refractivity contribution >= 4 is 27.8 Å². The Bertz CT molecular complexity index is 936. The van der Waals surface area contributed by atoms with Crippen LogP contribution in [0.4, 0.5) is 4.39 Å². The maximum absolute atomic E-state index is 13.3. The van der Waals surface area contributed by atoms with Crippen LogP contribution in [0.1, 0.15) is 5.56 Å². The Balaban J connectivity index is 2.15. The van der Waals surface area contributed by atoms with Crippen LogP contribution >= 0.6 is 0 Å². The third kappa shape index (κ3) is 3.01. The van der Waals surface area contributed by atoms with E-state index in [0.29, 0.717) is 16.0 Å². The van der Waals surface area contributed by atoms with Crippen molar-refractivity contribution in [2.75, 3.05) is 0 Å². The zero-order chi connectivity index (χ0) is 16.6. The molecule has 0 spiro atoms. The molecule has 1 atom stereocenters. The number of carbonyl (C=O) groups excluding carboxylic acids is 1. The fraction of sp³-hybridized carbons (Fsp3) is 0.0625. The molecule has 3 aromatic rings. The number of halogens is 1. The zero-order valence-corrected chi connectivity index (χ0v) is 12.8. The van der Waals surface area contributed by atoms with Gasteiger partial charge in [-0.2, -0.15) is 0 Å². The summed E-state index contributed by atoms with van der Waals surface area (Å²) in [4.78, 5) is 14.6. The maximum atomic E-state index is 13.3. The van der Waals surface area contributed by atoms with Gasteiger partial charge in [-0.1, -0.05) is 6.07 Å². The van der Waals surface area contributed by atoms with E-state index >= 15 is 0 Å². The highest BCUT2D eigenvalue weighted by Crippen LogP contribution is 2.31. The molecule has 0 bridgehead atoms. The van der Waals surface area contributed by atoms with Gasteiger partial charge in [0, 0.05) is 22.7 Å². The standard InChI is InChI=1S/C16H14FN3O2S/c17-11-2-3-12-13(8-20-14(12)7-11)9-1-4-15(23(19)22)10(5-9)6-16(18)21/h1-5,7-8,20H,6,19H2,(H2,18,21). The third-order valence-corrected chi connectivity index (χ3v) is 4.43. The number of nitrogens with one attached hydrogen (secondary N) is 1. The van der Waals surface area contributed by atoms with Crippen molar-refractivity contribution in [1.82, 2.24) is 4.98 Å². The second-order valence-electron chi connectivity index (χ2n) is 5.16. The van der Waals surface area contributed by atoms with Crippen LogP contribution in [0.15, 0.2) is 47.5 Å². The number of H-pyrrole nitrogens is 1. The Morgan fingerprint density at radius 1 is 1.22 bits per heavy atom. The van der Waals surface area contributed by atoms with Crippen LogP contribution < -0.4 is 10.9 Å². The first-order chi connectivity index (χ1) is 11.0. The molecular formula is C16H14FN3O2S. The highest BCUT2D eigenvalue weighted by molar-refractivity contribution is 7.82. The number of aromatic nitrogens is 1. The Kier molecular flexibility index (Phi) is 3.97. The molecule has 23 heavy (non-hydrogen) atoms. The van der Waals surface area contributed by atoms with Gasteiger partial charge in [0.15, 0.2) is 0 Å². The molecule has 0 aliphatic heterocycles. The minimum Gasteiger partial charge on any atom is -0.369 e. The van der Waals surface area contributed by atoms with Gasteiger partial charge in [-0.05, 0) is 41.5 Å². The van der Waals surface area contributed by atoms with E-state index in [0.717, 1.165) is 16.5 Å². The smallest absolute Gasteiger partial charge is 0.221 e. The third-order valence-electron chi connectivity index (χ3n) is 3.60. The summed E-state index contributed by atoms with van der Waals surface area (Å²) in [5.41, 5.74) is 8.08. The Hall–Kier alpha value is -2.51. The van der Waals surface area contributed by atoms with Gasteiger partial charge in [0.25, 0.3) is 0 Å². The zero-order valence-electron chi connectivity index (χ0n) is 12.0. The molecule has 2 aromatic carbocycles. The van der Waals surface area contributed by atoms with Crippen LogP contribution in [0.5, 0.6) is 0 Å². The van der Waals surface area contributed by atoms with E-state index in [2.05, 4.69) is 4.98 Å². The summed E-state index contributed by atoms with van der Waals surface area (Å²) in [6.07, 6.45) is 1.70. The normalized spacial score (nSPS) is 12.4. The number of hydrogen-bond donors (Lipinski definition) is 3. The van der Waals surface area contributed by atoms with E-state index in [1.165, 1.54) is 12.1 Å². The van der Waals surface area contributed by atoms with Crippen molar-refractivity contribution in [3.63, 3.8) is 0 Å². The Morgan fingerprint density at radius 3 is 2.70 bits per heavy atom. The lowest BCUT2D eigenvalue weighted by Gasteiger charge is -2.08. The number of nitrogens with two attached hydrogens (primary N) is 2. The van der Waals surface area contributed by atoms with Crippen LogP contribution in [0.2, 0.25) is 0 Å². The lowest BCUT2D eigenvalue weighted by molar-refractivity contribution is -0.117. The van der Waals surface area contributed by atoms with Gasteiger partial charge >= 0.3 is 0 Å². The molecule has 0 radical (unpaired) electrons. The number of fused-ring (bicyclic) bond motifs is 1. The largest absolute Gasteiger partial charge is 0.369 e. The Morgan fingerprint density at radius 2 is 2.00 bits per heavy atom. The molecule has 0 aliphatic rings. The fourth-order valence-corrected chi connectivity index (χ4v) is 3.20.